The molecular weight excluding hydrogens is 240 g/mol. The number of fused-ring (bicyclic) bond motifs is 1. The monoisotopic (exact) mass is 262 g/mol. The molecule has 2 aliphatic heterocycles. The minimum Gasteiger partial charge on any atom is -0.369 e. The van der Waals surface area contributed by atoms with Crippen LogP contribution in [0.5, 0.6) is 0 Å². The molecule has 0 spiro atoms. The van der Waals surface area contributed by atoms with Gasteiger partial charge in [-0.1, -0.05) is 13.3 Å². The lowest BCUT2D eigenvalue weighted by Gasteiger charge is -2.34. The number of nitrogen functional groups attached to an aromatic ring is 1. The molecule has 0 amide bonds. The normalized spacial score (nSPS) is 23.1. The summed E-state index contributed by atoms with van der Waals surface area (Å²) >= 11 is 0. The molecule has 3 rings (SSSR count). The number of likely N-dealkylation sites (tertiary alicyclic amines) is 1. The molecule has 1 atom stereocenters. The molecule has 1 saturated heterocycles. The quantitative estimate of drug-likeness (QED) is 0.551. The first-order valence-electron chi connectivity index (χ1n) is 7.16. The third-order valence-electron chi connectivity index (χ3n) is 4.25. The molecule has 1 unspecified atom stereocenters. The maximum atomic E-state index is 7.65. The van der Waals surface area contributed by atoms with E-state index in [-0.39, 0.29) is 5.96 Å². The maximum Gasteiger partial charge on any atom is 0.215 e. The third kappa shape index (κ3) is 2.00. The highest BCUT2D eigenvalue weighted by atomic mass is 15.4. The minimum atomic E-state index is -0.00393. The number of piperidine rings is 1. The van der Waals surface area contributed by atoms with Gasteiger partial charge in [-0.2, -0.15) is 9.78 Å². The Bertz CT molecular complexity index is 492. The van der Waals surface area contributed by atoms with Crippen LogP contribution in [0.3, 0.4) is 0 Å². The number of nitrogens with two attached hydrogens (primary N) is 1. The van der Waals surface area contributed by atoms with Gasteiger partial charge in [-0.25, -0.2) is 0 Å². The number of nitrogens with zero attached hydrogens (tertiary/aromatic N) is 3. The van der Waals surface area contributed by atoms with Gasteiger partial charge in [0.05, 0.1) is 11.7 Å². The van der Waals surface area contributed by atoms with Crippen molar-refractivity contribution in [1.82, 2.24) is 14.7 Å². The predicted octanol–water partition coefficient (Wildman–Crippen LogP) is 1.14. The molecule has 19 heavy (non-hydrogen) atoms. The molecular formula is C13H22N6. The molecule has 0 saturated carbocycles. The summed E-state index contributed by atoms with van der Waals surface area (Å²) in [4.78, 5) is 2.49. The minimum absolute atomic E-state index is 0.00393. The summed E-state index contributed by atoms with van der Waals surface area (Å²) in [7, 11) is 0. The number of anilines is 1. The molecule has 6 nitrogen and oxygen atoms in total. The Labute approximate surface area is 113 Å². The van der Waals surface area contributed by atoms with E-state index in [1.54, 1.807) is 4.68 Å². The van der Waals surface area contributed by atoms with Crippen LogP contribution in [0.15, 0.2) is 0 Å². The zero-order valence-electron chi connectivity index (χ0n) is 11.4. The zero-order chi connectivity index (χ0) is 13.4. The van der Waals surface area contributed by atoms with Crippen molar-refractivity contribution in [3.05, 3.63) is 11.3 Å². The van der Waals surface area contributed by atoms with Gasteiger partial charge in [0, 0.05) is 12.1 Å². The molecule has 104 valence electrons. The standard InChI is InChI=1S/C13H22N6/c1-2-18-8-4-3-5-10(18)11-9-6-7-16-12(9)19(17-11)13(14)15/h10,16H,2-8H2,1H3,(H3,14,15). The Hall–Kier alpha value is -1.56. The van der Waals surface area contributed by atoms with Crippen molar-refractivity contribution >= 4 is 11.8 Å². The van der Waals surface area contributed by atoms with E-state index >= 15 is 0 Å². The molecule has 2 aliphatic rings. The van der Waals surface area contributed by atoms with Crippen LogP contribution >= 0.6 is 0 Å². The third-order valence-corrected chi connectivity index (χ3v) is 4.25. The van der Waals surface area contributed by atoms with E-state index in [4.69, 9.17) is 11.1 Å². The van der Waals surface area contributed by atoms with Crippen LogP contribution in [0, 0.1) is 5.41 Å². The lowest BCUT2D eigenvalue weighted by molar-refractivity contribution is 0.153. The lowest BCUT2D eigenvalue weighted by atomic mass is 9.96. The Balaban J connectivity index is 2.00. The van der Waals surface area contributed by atoms with E-state index in [0.717, 1.165) is 44.0 Å². The molecule has 0 aliphatic carbocycles. The van der Waals surface area contributed by atoms with Gasteiger partial charge in [0.2, 0.25) is 5.96 Å². The van der Waals surface area contributed by atoms with Crippen LogP contribution in [0.2, 0.25) is 0 Å². The van der Waals surface area contributed by atoms with Crippen LogP contribution in [0.1, 0.15) is 43.5 Å². The van der Waals surface area contributed by atoms with Gasteiger partial charge in [-0.3, -0.25) is 10.3 Å². The van der Waals surface area contributed by atoms with Crippen molar-refractivity contribution in [2.75, 3.05) is 25.0 Å². The average molecular weight is 262 g/mol. The maximum absolute atomic E-state index is 7.65. The predicted molar refractivity (Wildman–Crippen MR) is 75.6 cm³/mol. The summed E-state index contributed by atoms with van der Waals surface area (Å²) in [5.74, 6) is 0.930. The van der Waals surface area contributed by atoms with Gasteiger partial charge in [-0.05, 0) is 32.4 Å². The first kappa shape index (κ1) is 12.5. The van der Waals surface area contributed by atoms with Crippen LogP contribution in [0.4, 0.5) is 5.82 Å². The van der Waals surface area contributed by atoms with Crippen LogP contribution in [0.25, 0.3) is 0 Å². The summed E-state index contributed by atoms with van der Waals surface area (Å²) in [6, 6.07) is 0.396. The second kappa shape index (κ2) is 4.85. The number of aromatic nitrogens is 2. The highest BCUT2D eigenvalue weighted by Crippen LogP contribution is 2.36. The van der Waals surface area contributed by atoms with Gasteiger partial charge in [0.25, 0.3) is 0 Å². The second-order valence-electron chi connectivity index (χ2n) is 5.33. The van der Waals surface area contributed by atoms with Crippen molar-refractivity contribution in [2.45, 2.75) is 38.6 Å². The highest BCUT2D eigenvalue weighted by Gasteiger charge is 2.32. The van der Waals surface area contributed by atoms with E-state index < -0.39 is 0 Å². The SMILES string of the molecule is CCN1CCCCC1c1nn(C(=N)N)c2c1CCN2. The van der Waals surface area contributed by atoms with Crippen LogP contribution in [-0.4, -0.2) is 40.3 Å². The largest absolute Gasteiger partial charge is 0.369 e. The first-order chi connectivity index (χ1) is 9.22. The molecule has 1 fully saturated rings. The van der Waals surface area contributed by atoms with Gasteiger partial charge in [0.1, 0.15) is 5.82 Å². The van der Waals surface area contributed by atoms with Crippen LogP contribution < -0.4 is 11.1 Å². The summed E-state index contributed by atoms with van der Waals surface area (Å²) < 4.78 is 1.56. The topological polar surface area (TPSA) is 83.0 Å². The van der Waals surface area contributed by atoms with E-state index in [1.165, 1.54) is 18.4 Å². The van der Waals surface area contributed by atoms with Gasteiger partial charge in [-0.15, -0.1) is 0 Å². The molecule has 1 aromatic rings. The molecule has 0 radical (unpaired) electrons. The van der Waals surface area contributed by atoms with E-state index in [1.807, 2.05) is 0 Å². The summed E-state index contributed by atoms with van der Waals surface area (Å²) in [6.07, 6.45) is 4.69. The molecule has 0 aromatic carbocycles. The Morgan fingerprint density at radius 2 is 2.37 bits per heavy atom. The van der Waals surface area contributed by atoms with Crippen molar-refractivity contribution in [2.24, 2.45) is 5.73 Å². The number of hydrogen-bond acceptors (Lipinski definition) is 4. The number of rotatable bonds is 2. The van der Waals surface area contributed by atoms with E-state index in [9.17, 15) is 0 Å². The summed E-state index contributed by atoms with van der Waals surface area (Å²) in [5, 5.41) is 15.6. The van der Waals surface area contributed by atoms with Crippen molar-refractivity contribution < 1.29 is 0 Å². The molecule has 3 heterocycles. The molecule has 0 bridgehead atoms. The Kier molecular flexibility index (Phi) is 3.18. The van der Waals surface area contributed by atoms with E-state index in [0.29, 0.717) is 6.04 Å². The van der Waals surface area contributed by atoms with Crippen molar-refractivity contribution in [3.8, 4) is 0 Å². The average Bonchev–Trinajstić information content (AvgIpc) is 2.99. The van der Waals surface area contributed by atoms with Gasteiger partial charge >= 0.3 is 0 Å². The van der Waals surface area contributed by atoms with Crippen molar-refractivity contribution in [3.63, 3.8) is 0 Å². The zero-order valence-corrected chi connectivity index (χ0v) is 11.4. The Morgan fingerprint density at radius 3 is 3.11 bits per heavy atom. The van der Waals surface area contributed by atoms with Crippen LogP contribution in [-0.2, 0) is 6.42 Å². The Morgan fingerprint density at radius 1 is 1.53 bits per heavy atom. The fraction of sp³-hybridized carbons (Fsp3) is 0.692. The van der Waals surface area contributed by atoms with Gasteiger partial charge in [0.15, 0.2) is 0 Å². The molecule has 1 aromatic heterocycles. The smallest absolute Gasteiger partial charge is 0.215 e. The summed E-state index contributed by atoms with van der Waals surface area (Å²) in [5.41, 5.74) is 8.03. The van der Waals surface area contributed by atoms with Crippen molar-refractivity contribution in [1.29, 1.82) is 5.41 Å². The van der Waals surface area contributed by atoms with Gasteiger partial charge < -0.3 is 11.1 Å². The first-order valence-corrected chi connectivity index (χ1v) is 7.16. The number of nitrogens with one attached hydrogen (secondary N) is 2. The number of hydrogen-bond donors (Lipinski definition) is 3. The fourth-order valence-corrected chi connectivity index (χ4v) is 3.32. The fourth-order valence-electron chi connectivity index (χ4n) is 3.32. The molecule has 6 heteroatoms. The lowest BCUT2D eigenvalue weighted by Crippen LogP contribution is -2.34. The molecule has 4 N–H and O–H groups in total. The second-order valence-corrected chi connectivity index (χ2v) is 5.33. The highest BCUT2D eigenvalue weighted by molar-refractivity contribution is 5.81. The van der Waals surface area contributed by atoms with E-state index in [2.05, 4.69) is 22.2 Å². The summed E-state index contributed by atoms with van der Waals surface area (Å²) in [6.45, 7) is 5.33.